The summed E-state index contributed by atoms with van der Waals surface area (Å²) in [5.74, 6) is -0.154. The Kier molecular flexibility index (Phi) is 4.64. The van der Waals surface area contributed by atoms with Gasteiger partial charge in [-0.3, -0.25) is 4.79 Å². The van der Waals surface area contributed by atoms with Gasteiger partial charge in [-0.05, 0) is 48.1 Å². The quantitative estimate of drug-likeness (QED) is 0.501. The highest BCUT2D eigenvalue weighted by Crippen LogP contribution is 2.33. The molecule has 1 amide bonds. The largest absolute Gasteiger partial charge is 0.508 e. The van der Waals surface area contributed by atoms with E-state index < -0.39 is 0 Å². The fourth-order valence-electron chi connectivity index (χ4n) is 2.04. The molecule has 0 aromatic heterocycles. The number of phenols is 2. The maximum Gasteiger partial charge on any atom is 0.286 e. The highest BCUT2D eigenvalue weighted by molar-refractivity contribution is 8.26. The Morgan fingerprint density at radius 1 is 1.12 bits per heavy atom. The lowest BCUT2D eigenvalue weighted by atomic mass is 10.2. The number of para-hydroxylation sites is 1. The van der Waals surface area contributed by atoms with Crippen LogP contribution in [0.1, 0.15) is 11.1 Å². The Balaban J connectivity index is 1.83. The molecule has 1 aliphatic rings. The number of thioether (sulfide) groups is 1. The van der Waals surface area contributed by atoms with Crippen LogP contribution in [0.3, 0.4) is 0 Å². The van der Waals surface area contributed by atoms with E-state index in [0.717, 1.165) is 16.8 Å². The molecule has 2 aromatic rings. The van der Waals surface area contributed by atoms with Gasteiger partial charge in [-0.25, -0.2) is 0 Å². The summed E-state index contributed by atoms with van der Waals surface area (Å²) < 4.78 is 0.304. The fraction of sp³-hybridized carbons (Fsp3) is 0. The second kappa shape index (κ2) is 6.86. The molecule has 2 N–H and O–H groups in total. The van der Waals surface area contributed by atoms with Crippen LogP contribution in [-0.4, -0.2) is 31.7 Å². The monoisotopic (exact) mass is 356 g/mol. The van der Waals surface area contributed by atoms with Crippen LogP contribution in [0.2, 0.25) is 0 Å². The number of nitrogens with zero attached hydrogens (tertiary/aromatic N) is 2. The summed E-state index contributed by atoms with van der Waals surface area (Å²) in [6.07, 6.45) is 3.03. The van der Waals surface area contributed by atoms with Gasteiger partial charge in [0.1, 0.15) is 11.5 Å². The van der Waals surface area contributed by atoms with E-state index in [1.807, 2.05) is 0 Å². The molecule has 1 fully saturated rings. The Morgan fingerprint density at radius 2 is 1.92 bits per heavy atom. The molecule has 0 aliphatic carbocycles. The van der Waals surface area contributed by atoms with Gasteiger partial charge >= 0.3 is 0 Å². The average molecular weight is 356 g/mol. The van der Waals surface area contributed by atoms with Crippen molar-refractivity contribution in [2.24, 2.45) is 5.10 Å². The molecular weight excluding hydrogens is 344 g/mol. The van der Waals surface area contributed by atoms with E-state index in [-0.39, 0.29) is 17.4 Å². The number of hydrogen-bond donors (Lipinski definition) is 2. The minimum absolute atomic E-state index is 0.0713. The average Bonchev–Trinajstić information content (AvgIpc) is 2.81. The smallest absolute Gasteiger partial charge is 0.286 e. The Hall–Kier alpha value is -2.64. The number of rotatable bonds is 3. The lowest BCUT2D eigenvalue weighted by Crippen LogP contribution is -2.22. The number of carbonyl (C=O) groups is 1. The summed E-state index contributed by atoms with van der Waals surface area (Å²) in [7, 11) is 0. The molecule has 0 unspecified atom stereocenters. The van der Waals surface area contributed by atoms with E-state index in [4.69, 9.17) is 12.2 Å². The summed E-state index contributed by atoms with van der Waals surface area (Å²) >= 11 is 6.32. The van der Waals surface area contributed by atoms with Crippen LogP contribution in [0.25, 0.3) is 6.08 Å². The molecule has 0 radical (unpaired) electrons. The SMILES string of the molecule is O=C1/C(=C\c2cccc(O)c2)SC(=S)N1/N=C/c1ccccc1O. The summed E-state index contributed by atoms with van der Waals surface area (Å²) in [5, 5.41) is 24.4. The van der Waals surface area contributed by atoms with Gasteiger partial charge in [0.2, 0.25) is 0 Å². The first-order chi connectivity index (χ1) is 11.5. The number of hydrazone groups is 1. The molecule has 7 heteroatoms. The van der Waals surface area contributed by atoms with E-state index in [1.54, 1.807) is 48.5 Å². The van der Waals surface area contributed by atoms with Crippen molar-refractivity contribution < 1.29 is 15.0 Å². The number of amides is 1. The molecule has 0 bridgehead atoms. The second-order valence-electron chi connectivity index (χ2n) is 4.89. The lowest BCUT2D eigenvalue weighted by molar-refractivity contribution is -0.122. The molecule has 120 valence electrons. The first kappa shape index (κ1) is 16.2. The molecule has 0 spiro atoms. The highest BCUT2D eigenvalue weighted by Gasteiger charge is 2.32. The number of hydrogen-bond acceptors (Lipinski definition) is 6. The van der Waals surface area contributed by atoms with Gasteiger partial charge in [-0.15, -0.1) is 0 Å². The van der Waals surface area contributed by atoms with Crippen molar-refractivity contribution in [3.63, 3.8) is 0 Å². The third-order valence-electron chi connectivity index (χ3n) is 3.19. The van der Waals surface area contributed by atoms with Gasteiger partial charge in [0.15, 0.2) is 4.32 Å². The van der Waals surface area contributed by atoms with Gasteiger partial charge in [0.25, 0.3) is 5.91 Å². The molecule has 1 saturated heterocycles. The first-order valence-corrected chi connectivity index (χ1v) is 8.16. The van der Waals surface area contributed by atoms with Crippen molar-refractivity contribution in [3.8, 4) is 11.5 Å². The van der Waals surface area contributed by atoms with Gasteiger partial charge < -0.3 is 10.2 Å². The highest BCUT2D eigenvalue weighted by atomic mass is 32.2. The molecule has 0 saturated carbocycles. The van der Waals surface area contributed by atoms with Gasteiger partial charge in [0.05, 0.1) is 11.1 Å². The van der Waals surface area contributed by atoms with Crippen molar-refractivity contribution in [1.29, 1.82) is 0 Å². The lowest BCUT2D eigenvalue weighted by Gasteiger charge is -2.06. The summed E-state index contributed by atoms with van der Waals surface area (Å²) in [4.78, 5) is 12.8. The predicted octanol–water partition coefficient (Wildman–Crippen LogP) is 3.33. The molecule has 1 aliphatic heterocycles. The van der Waals surface area contributed by atoms with Crippen molar-refractivity contribution in [2.45, 2.75) is 0 Å². The zero-order valence-electron chi connectivity index (χ0n) is 12.3. The van der Waals surface area contributed by atoms with Crippen LogP contribution in [0.15, 0.2) is 58.5 Å². The van der Waals surface area contributed by atoms with E-state index in [2.05, 4.69) is 5.10 Å². The standard InChI is InChI=1S/C17H12N2O3S2/c20-13-6-3-4-11(8-13)9-15-16(22)19(17(23)24-15)18-10-12-5-1-2-7-14(12)21/h1-10,20-21H/b15-9+,18-10+. The molecule has 0 atom stereocenters. The van der Waals surface area contributed by atoms with Crippen LogP contribution >= 0.6 is 24.0 Å². The van der Waals surface area contributed by atoms with Crippen molar-refractivity contribution in [1.82, 2.24) is 5.01 Å². The van der Waals surface area contributed by atoms with Crippen molar-refractivity contribution in [3.05, 3.63) is 64.6 Å². The normalized spacial score (nSPS) is 16.5. The summed E-state index contributed by atoms with van der Waals surface area (Å²) in [6.45, 7) is 0. The first-order valence-electron chi connectivity index (χ1n) is 6.93. The number of aromatic hydroxyl groups is 2. The van der Waals surface area contributed by atoms with Crippen LogP contribution in [0, 0.1) is 0 Å². The zero-order valence-corrected chi connectivity index (χ0v) is 13.9. The number of thiocarbonyl (C=S) groups is 1. The minimum atomic E-state index is -0.347. The maximum absolute atomic E-state index is 12.4. The predicted molar refractivity (Wildman–Crippen MR) is 98.8 cm³/mol. The number of benzene rings is 2. The Bertz CT molecular complexity index is 878. The molecular formula is C17H12N2O3S2. The third-order valence-corrected chi connectivity index (χ3v) is 4.47. The number of phenolic OH excluding ortho intramolecular Hbond substituents is 2. The fourth-order valence-corrected chi connectivity index (χ4v) is 3.21. The Morgan fingerprint density at radius 3 is 2.67 bits per heavy atom. The van der Waals surface area contributed by atoms with E-state index in [0.29, 0.717) is 20.4 Å². The van der Waals surface area contributed by atoms with Gasteiger partial charge in [0, 0.05) is 5.56 Å². The van der Waals surface area contributed by atoms with Crippen LogP contribution < -0.4 is 0 Å². The molecule has 2 aromatic carbocycles. The number of carbonyl (C=O) groups excluding carboxylic acids is 1. The van der Waals surface area contributed by atoms with E-state index >= 15 is 0 Å². The minimum Gasteiger partial charge on any atom is -0.508 e. The summed E-state index contributed by atoms with van der Waals surface area (Å²) in [5.41, 5.74) is 1.18. The van der Waals surface area contributed by atoms with Gasteiger partial charge in [-0.2, -0.15) is 10.1 Å². The van der Waals surface area contributed by atoms with E-state index in [9.17, 15) is 15.0 Å². The van der Waals surface area contributed by atoms with Crippen LogP contribution in [-0.2, 0) is 4.79 Å². The molecule has 5 nitrogen and oxygen atoms in total. The summed E-state index contributed by atoms with van der Waals surface area (Å²) in [6, 6.07) is 13.2. The third kappa shape index (κ3) is 3.47. The van der Waals surface area contributed by atoms with Crippen LogP contribution in [0.4, 0.5) is 0 Å². The molecule has 1 heterocycles. The topological polar surface area (TPSA) is 73.1 Å². The van der Waals surface area contributed by atoms with Crippen molar-refractivity contribution >= 4 is 46.5 Å². The van der Waals surface area contributed by atoms with E-state index in [1.165, 1.54) is 12.3 Å². The second-order valence-corrected chi connectivity index (χ2v) is 6.57. The van der Waals surface area contributed by atoms with Crippen molar-refractivity contribution in [2.75, 3.05) is 0 Å². The maximum atomic E-state index is 12.4. The Labute approximate surface area is 147 Å². The zero-order chi connectivity index (χ0) is 17.1. The van der Waals surface area contributed by atoms with Gasteiger partial charge in [-0.1, -0.05) is 36.0 Å². The molecule has 24 heavy (non-hydrogen) atoms. The van der Waals surface area contributed by atoms with Crippen LogP contribution in [0.5, 0.6) is 11.5 Å². The molecule has 3 rings (SSSR count).